The number of halogens is 2. The molecule has 0 spiro atoms. The fourth-order valence-electron chi connectivity index (χ4n) is 4.38. The average Bonchev–Trinajstić information content (AvgIpc) is 3.51. The summed E-state index contributed by atoms with van der Waals surface area (Å²) >= 11 is 0. The van der Waals surface area contributed by atoms with Gasteiger partial charge in [-0.05, 0) is 93.2 Å². The summed E-state index contributed by atoms with van der Waals surface area (Å²) in [5.41, 5.74) is 0.304. The van der Waals surface area contributed by atoms with Crippen molar-refractivity contribution in [1.82, 2.24) is 5.32 Å². The van der Waals surface area contributed by atoms with Crippen LogP contribution < -0.4 is 15.0 Å². The minimum absolute atomic E-state index is 0.104. The first-order valence-electron chi connectivity index (χ1n) is 13.6. The zero-order valence-electron chi connectivity index (χ0n) is 24.0. The Hall–Kier alpha value is -4.82. The van der Waals surface area contributed by atoms with Crippen LogP contribution in [0, 0.1) is 23.0 Å². The first-order chi connectivity index (χ1) is 20.4. The Morgan fingerprint density at radius 2 is 1.79 bits per heavy atom. The number of carbonyl (C=O) groups is 3. The molecule has 1 atom stereocenters. The number of hydrogen-bond acceptors (Lipinski definition) is 8. The van der Waals surface area contributed by atoms with Crippen LogP contribution in [-0.2, 0) is 20.9 Å². The van der Waals surface area contributed by atoms with Gasteiger partial charge in [0.1, 0.15) is 30.5 Å². The summed E-state index contributed by atoms with van der Waals surface area (Å²) in [5.74, 6) is -3.35. The van der Waals surface area contributed by atoms with Crippen LogP contribution in [-0.4, -0.2) is 42.8 Å². The van der Waals surface area contributed by atoms with Crippen molar-refractivity contribution in [2.75, 3.05) is 18.0 Å². The molecule has 0 bridgehead atoms. The first kappa shape index (κ1) is 31.1. The summed E-state index contributed by atoms with van der Waals surface area (Å²) in [4.78, 5) is 38.0. The zero-order valence-corrected chi connectivity index (χ0v) is 24.0. The highest BCUT2D eigenvalue weighted by molar-refractivity contribution is 5.98. The molecular formula is C32H31F2N3O6. The third-order valence-electron chi connectivity index (χ3n) is 6.44. The quantitative estimate of drug-likeness (QED) is 0.195. The van der Waals surface area contributed by atoms with Crippen LogP contribution in [0.4, 0.5) is 19.3 Å². The van der Waals surface area contributed by atoms with Crippen molar-refractivity contribution < 1.29 is 37.4 Å². The van der Waals surface area contributed by atoms with E-state index in [0.29, 0.717) is 29.8 Å². The molecule has 1 fully saturated rings. The second-order valence-corrected chi connectivity index (χ2v) is 10.9. The van der Waals surface area contributed by atoms with Crippen molar-refractivity contribution in [1.29, 1.82) is 5.26 Å². The number of anilines is 1. The Labute approximate surface area is 248 Å². The van der Waals surface area contributed by atoms with Crippen molar-refractivity contribution in [2.45, 2.75) is 51.9 Å². The molecule has 1 N–H and O–H groups in total. The number of carbonyl (C=O) groups excluding carboxylic acids is 3. The number of rotatable bonds is 8. The van der Waals surface area contributed by atoms with E-state index < -0.39 is 53.5 Å². The topological polar surface area (TPSA) is 118 Å². The predicted molar refractivity (Wildman–Crippen MR) is 153 cm³/mol. The molecule has 224 valence electrons. The van der Waals surface area contributed by atoms with Crippen LogP contribution in [0.2, 0.25) is 0 Å². The molecule has 0 radical (unpaired) electrons. The predicted octanol–water partition coefficient (Wildman–Crippen LogP) is 5.91. The van der Waals surface area contributed by atoms with Crippen molar-refractivity contribution in [3.63, 3.8) is 0 Å². The van der Waals surface area contributed by atoms with Gasteiger partial charge in [0, 0.05) is 0 Å². The zero-order chi connectivity index (χ0) is 31.1. The second kappa shape index (κ2) is 13.4. The molecule has 0 saturated carbocycles. The highest BCUT2D eigenvalue weighted by Gasteiger charge is 2.28. The largest absolute Gasteiger partial charge is 0.489 e. The van der Waals surface area contributed by atoms with Gasteiger partial charge in [0.25, 0.3) is 0 Å². The minimum atomic E-state index is -1.28. The van der Waals surface area contributed by atoms with E-state index in [9.17, 15) is 28.4 Å². The molecule has 11 heteroatoms. The molecule has 1 saturated heterocycles. The maximum atomic E-state index is 14.8. The van der Waals surface area contributed by atoms with Gasteiger partial charge in [-0.2, -0.15) is 5.26 Å². The third-order valence-corrected chi connectivity index (χ3v) is 6.44. The molecule has 1 aliphatic heterocycles. The van der Waals surface area contributed by atoms with Gasteiger partial charge in [-0.3, -0.25) is 4.90 Å². The molecule has 3 aromatic carbocycles. The van der Waals surface area contributed by atoms with E-state index in [2.05, 4.69) is 5.32 Å². The molecule has 1 heterocycles. The van der Waals surface area contributed by atoms with Gasteiger partial charge in [-0.25, -0.2) is 23.2 Å². The van der Waals surface area contributed by atoms with Crippen LogP contribution in [0.3, 0.4) is 0 Å². The number of nitrogens with one attached hydrogen (secondary N) is 1. The van der Waals surface area contributed by atoms with Gasteiger partial charge < -0.3 is 19.5 Å². The summed E-state index contributed by atoms with van der Waals surface area (Å²) < 4.78 is 45.5. The molecule has 4 rings (SSSR count). The lowest BCUT2D eigenvalue weighted by atomic mass is 10.0. The molecule has 3 aromatic rings. The van der Waals surface area contributed by atoms with E-state index in [1.807, 2.05) is 0 Å². The number of nitriles is 1. The van der Waals surface area contributed by atoms with Crippen molar-refractivity contribution in [3.8, 4) is 22.9 Å². The van der Waals surface area contributed by atoms with Crippen LogP contribution in [0.15, 0.2) is 60.7 Å². The van der Waals surface area contributed by atoms with Crippen molar-refractivity contribution >= 4 is 23.7 Å². The number of ether oxygens (including phenoxy) is 3. The minimum Gasteiger partial charge on any atom is -0.489 e. The normalized spacial score (nSPS) is 14.5. The van der Waals surface area contributed by atoms with Crippen LogP contribution in [0.1, 0.15) is 49.5 Å². The molecule has 0 unspecified atom stereocenters. The average molecular weight is 592 g/mol. The third kappa shape index (κ3) is 8.14. The lowest BCUT2D eigenvalue weighted by Crippen LogP contribution is -2.37. The van der Waals surface area contributed by atoms with Gasteiger partial charge in [0.05, 0.1) is 17.3 Å². The number of hydrogen-bond donors (Lipinski definition) is 1. The summed E-state index contributed by atoms with van der Waals surface area (Å²) in [6.45, 7) is 5.12. The van der Waals surface area contributed by atoms with Gasteiger partial charge in [0.15, 0.2) is 11.6 Å². The van der Waals surface area contributed by atoms with E-state index >= 15 is 0 Å². The van der Waals surface area contributed by atoms with Crippen LogP contribution >= 0.6 is 0 Å². The molecule has 1 amide bonds. The number of nitrogens with zero attached hydrogens (tertiary/aromatic N) is 2. The van der Waals surface area contributed by atoms with Gasteiger partial charge in [0.2, 0.25) is 0 Å². The molecule has 43 heavy (non-hydrogen) atoms. The highest BCUT2D eigenvalue weighted by atomic mass is 19.2. The van der Waals surface area contributed by atoms with E-state index in [4.69, 9.17) is 14.2 Å². The highest BCUT2D eigenvalue weighted by Crippen LogP contribution is 2.32. The maximum absolute atomic E-state index is 14.8. The standard InChI is InChI=1S/C32H31F2N3O6/c1-32(2,3)43-31(40)37(15-13-35)27-18-23(17-25(33)28(27)34)21-9-11-24(12-10-21)41-19-20-6-4-7-22(16-20)29(38)42-30(39)26-8-5-14-36-26/h4,6-7,9-12,16-18,26,36H,5,8,14-15,19H2,1-3H3/t26-/m0/s1. The van der Waals surface area contributed by atoms with E-state index in [1.54, 1.807) is 75.4 Å². The van der Waals surface area contributed by atoms with Gasteiger partial charge >= 0.3 is 18.0 Å². The Bertz CT molecular complexity index is 1540. The first-order valence-corrected chi connectivity index (χ1v) is 13.6. The fraction of sp³-hybridized carbons (Fsp3) is 0.312. The lowest BCUT2D eigenvalue weighted by molar-refractivity contribution is -0.139. The van der Waals surface area contributed by atoms with Crippen molar-refractivity contribution in [2.24, 2.45) is 0 Å². The number of esters is 2. The molecule has 0 aliphatic carbocycles. The SMILES string of the molecule is CC(C)(C)OC(=O)N(CC#N)c1cc(-c2ccc(OCc3cccc(C(=O)OC(=O)[C@@H]4CCCN4)c3)cc2)cc(F)c1F. The smallest absolute Gasteiger partial charge is 0.415 e. The van der Waals surface area contributed by atoms with Gasteiger partial charge in [-0.15, -0.1) is 0 Å². The summed E-state index contributed by atoms with van der Waals surface area (Å²) in [6, 6.07) is 16.6. The van der Waals surface area contributed by atoms with Crippen LogP contribution in [0.5, 0.6) is 5.75 Å². The Morgan fingerprint density at radius 3 is 2.44 bits per heavy atom. The maximum Gasteiger partial charge on any atom is 0.415 e. The van der Waals surface area contributed by atoms with E-state index in [0.717, 1.165) is 17.4 Å². The monoisotopic (exact) mass is 591 g/mol. The van der Waals surface area contributed by atoms with E-state index in [-0.39, 0.29) is 17.7 Å². The fourth-order valence-corrected chi connectivity index (χ4v) is 4.38. The Morgan fingerprint density at radius 1 is 1.05 bits per heavy atom. The lowest BCUT2D eigenvalue weighted by Gasteiger charge is -2.26. The van der Waals surface area contributed by atoms with Gasteiger partial charge in [-0.1, -0.05) is 24.3 Å². The van der Waals surface area contributed by atoms with E-state index in [1.165, 1.54) is 6.07 Å². The number of amides is 1. The van der Waals surface area contributed by atoms with Crippen LogP contribution in [0.25, 0.3) is 11.1 Å². The van der Waals surface area contributed by atoms with Crippen molar-refractivity contribution in [3.05, 3.63) is 83.4 Å². The molecule has 0 aromatic heterocycles. The summed E-state index contributed by atoms with van der Waals surface area (Å²) in [7, 11) is 0. The second-order valence-electron chi connectivity index (χ2n) is 10.9. The summed E-state index contributed by atoms with van der Waals surface area (Å²) in [6.07, 6.45) is 0.489. The Balaban J connectivity index is 1.45. The Kier molecular flexibility index (Phi) is 9.73. The molecular weight excluding hydrogens is 560 g/mol. The number of benzene rings is 3. The summed E-state index contributed by atoms with van der Waals surface area (Å²) in [5, 5.41) is 12.2. The molecule has 1 aliphatic rings. The molecule has 9 nitrogen and oxygen atoms in total.